The summed E-state index contributed by atoms with van der Waals surface area (Å²) in [7, 11) is 0. The van der Waals surface area contributed by atoms with Gasteiger partial charge in [-0.25, -0.2) is 9.97 Å². The van der Waals surface area contributed by atoms with Crippen LogP contribution in [0.1, 0.15) is 65.7 Å². The molecule has 160 valence electrons. The number of rotatable bonds is 6. The molecule has 0 spiro atoms. The van der Waals surface area contributed by atoms with Crippen LogP contribution in [0.15, 0.2) is 29.3 Å². The number of nitrogens with zero attached hydrogens (tertiary/aromatic N) is 2. The number of hydrogen-bond donors (Lipinski definition) is 1. The second-order valence-electron chi connectivity index (χ2n) is 8.66. The number of hydrogen-bond acceptors (Lipinski definition) is 6. The van der Waals surface area contributed by atoms with Crippen molar-refractivity contribution in [2.24, 2.45) is 5.92 Å². The molecule has 3 aromatic rings. The third kappa shape index (κ3) is 4.39. The number of fused-ring (bicyclic) bond motifs is 3. The molecule has 1 N–H and O–H groups in total. The molecule has 1 atom stereocenters. The fourth-order valence-electron chi connectivity index (χ4n) is 4.11. The molecule has 2 aliphatic rings. The first-order valence-electron chi connectivity index (χ1n) is 10.8. The zero-order valence-electron chi connectivity index (χ0n) is 17.7. The van der Waals surface area contributed by atoms with E-state index in [4.69, 9.17) is 9.97 Å². The summed E-state index contributed by atoms with van der Waals surface area (Å²) in [4.78, 5) is 36.4. The van der Waals surface area contributed by atoms with Crippen LogP contribution in [0.2, 0.25) is 0 Å². The summed E-state index contributed by atoms with van der Waals surface area (Å²) in [5.41, 5.74) is 2.76. The van der Waals surface area contributed by atoms with E-state index in [2.05, 4.69) is 12.2 Å². The van der Waals surface area contributed by atoms with E-state index >= 15 is 0 Å². The van der Waals surface area contributed by atoms with Gasteiger partial charge in [0.1, 0.15) is 15.7 Å². The van der Waals surface area contributed by atoms with Crippen LogP contribution in [-0.4, -0.2) is 27.4 Å². The van der Waals surface area contributed by atoms with Crippen molar-refractivity contribution in [3.8, 4) is 0 Å². The maximum atomic E-state index is 12.8. The number of anilines is 1. The predicted molar refractivity (Wildman–Crippen MR) is 126 cm³/mol. The Labute approximate surface area is 190 Å². The first kappa shape index (κ1) is 20.6. The van der Waals surface area contributed by atoms with Gasteiger partial charge in [-0.2, -0.15) is 0 Å². The molecule has 5 rings (SSSR count). The number of Topliss-reactive ketones (excluding diaryl/α,β-unsaturated/α-hetero) is 1. The number of aromatic nitrogens is 2. The van der Waals surface area contributed by atoms with Gasteiger partial charge in [-0.15, -0.1) is 11.3 Å². The Hall–Kier alpha value is -2.25. The van der Waals surface area contributed by atoms with Gasteiger partial charge < -0.3 is 5.32 Å². The van der Waals surface area contributed by atoms with E-state index in [0.29, 0.717) is 22.9 Å². The highest BCUT2D eigenvalue weighted by Gasteiger charge is 2.30. The number of benzene rings is 1. The molecule has 0 saturated heterocycles. The lowest BCUT2D eigenvalue weighted by Crippen LogP contribution is -2.09. The summed E-state index contributed by atoms with van der Waals surface area (Å²) < 4.78 is 0. The highest BCUT2D eigenvalue weighted by molar-refractivity contribution is 8.00. The van der Waals surface area contributed by atoms with Gasteiger partial charge in [-0.1, -0.05) is 18.7 Å². The topological polar surface area (TPSA) is 72.0 Å². The van der Waals surface area contributed by atoms with Gasteiger partial charge in [0.15, 0.2) is 5.78 Å². The number of carbonyl (C=O) groups is 2. The molecule has 2 heterocycles. The number of ketones is 1. The first-order chi connectivity index (χ1) is 15.0. The van der Waals surface area contributed by atoms with Crippen molar-refractivity contribution in [3.63, 3.8) is 0 Å². The van der Waals surface area contributed by atoms with E-state index in [9.17, 15) is 9.59 Å². The number of amides is 1. The molecule has 0 bridgehead atoms. The van der Waals surface area contributed by atoms with Crippen molar-refractivity contribution < 1.29 is 9.59 Å². The van der Waals surface area contributed by atoms with E-state index in [1.165, 1.54) is 29.2 Å². The lowest BCUT2D eigenvalue weighted by Gasteiger charge is -2.18. The fourth-order valence-corrected chi connectivity index (χ4v) is 6.52. The molecule has 5 nitrogen and oxygen atoms in total. The average Bonchev–Trinajstić information content (AvgIpc) is 3.52. The minimum atomic E-state index is -0.123. The van der Waals surface area contributed by atoms with E-state index < -0.39 is 0 Å². The standard InChI is InChI=1S/C24H25N3O2S2/c1-13-3-10-18-20(11-13)31-24-21(18)23(26-22(27-24)16-4-5-16)30-12-19(29)15-6-8-17(9-7-15)25-14(2)28/h6-9,13,16H,3-5,10-12H2,1-2H3,(H,25,28)/t13-/m1/s1. The highest BCUT2D eigenvalue weighted by Crippen LogP contribution is 2.44. The lowest BCUT2D eigenvalue weighted by molar-refractivity contribution is -0.114. The summed E-state index contributed by atoms with van der Waals surface area (Å²) in [5.74, 6) is 2.44. The van der Waals surface area contributed by atoms with Gasteiger partial charge in [-0.3, -0.25) is 9.59 Å². The molecule has 7 heteroatoms. The summed E-state index contributed by atoms with van der Waals surface area (Å²) in [6, 6.07) is 7.08. The second-order valence-corrected chi connectivity index (χ2v) is 10.7. The third-order valence-corrected chi connectivity index (χ3v) is 8.07. The van der Waals surface area contributed by atoms with Crippen LogP contribution >= 0.6 is 23.1 Å². The van der Waals surface area contributed by atoms with Crippen LogP contribution in [-0.2, 0) is 17.6 Å². The van der Waals surface area contributed by atoms with Gasteiger partial charge >= 0.3 is 0 Å². The van der Waals surface area contributed by atoms with Gasteiger partial charge in [0.2, 0.25) is 5.91 Å². The van der Waals surface area contributed by atoms with Crippen molar-refractivity contribution in [2.75, 3.05) is 11.1 Å². The van der Waals surface area contributed by atoms with E-state index in [1.54, 1.807) is 36.0 Å². The molecule has 0 aliphatic heterocycles. The zero-order chi connectivity index (χ0) is 21.5. The van der Waals surface area contributed by atoms with Gasteiger partial charge in [-0.05, 0) is 67.9 Å². The molecule has 1 saturated carbocycles. The normalized spacial score (nSPS) is 18.1. The molecule has 2 aromatic heterocycles. The average molecular weight is 452 g/mol. The predicted octanol–water partition coefficient (Wildman–Crippen LogP) is 5.63. The molecule has 31 heavy (non-hydrogen) atoms. The van der Waals surface area contributed by atoms with Crippen LogP contribution in [0.3, 0.4) is 0 Å². The maximum Gasteiger partial charge on any atom is 0.221 e. The van der Waals surface area contributed by atoms with Crippen molar-refractivity contribution in [2.45, 2.75) is 56.9 Å². The van der Waals surface area contributed by atoms with Crippen molar-refractivity contribution in [1.29, 1.82) is 0 Å². The quantitative estimate of drug-likeness (QED) is 0.299. The van der Waals surface area contributed by atoms with Crippen molar-refractivity contribution >= 4 is 50.7 Å². The summed E-state index contributed by atoms with van der Waals surface area (Å²) in [6.45, 7) is 3.79. The van der Waals surface area contributed by atoms with E-state index in [1.807, 2.05) is 11.3 Å². The molecular weight excluding hydrogens is 426 g/mol. The largest absolute Gasteiger partial charge is 0.326 e. The minimum Gasteiger partial charge on any atom is -0.326 e. The van der Waals surface area contributed by atoms with Crippen LogP contribution in [0.5, 0.6) is 0 Å². The summed E-state index contributed by atoms with van der Waals surface area (Å²) in [5, 5.41) is 4.89. The van der Waals surface area contributed by atoms with Crippen molar-refractivity contribution in [3.05, 3.63) is 46.1 Å². The molecular formula is C24H25N3O2S2. The van der Waals surface area contributed by atoms with Gasteiger partial charge in [0, 0.05) is 34.4 Å². The molecule has 0 radical (unpaired) electrons. The zero-order valence-corrected chi connectivity index (χ0v) is 19.4. The molecule has 1 aromatic carbocycles. The van der Waals surface area contributed by atoms with E-state index in [0.717, 1.165) is 47.3 Å². The number of carbonyl (C=O) groups excluding carboxylic acids is 2. The Bertz CT molecular complexity index is 1170. The monoisotopic (exact) mass is 451 g/mol. The second kappa shape index (κ2) is 8.36. The molecule has 0 unspecified atom stereocenters. The Kier molecular flexibility index (Phi) is 5.56. The molecule has 1 amide bonds. The van der Waals surface area contributed by atoms with Crippen LogP contribution < -0.4 is 5.32 Å². The Balaban J connectivity index is 1.40. The summed E-state index contributed by atoms with van der Waals surface area (Å²) in [6.07, 6.45) is 5.73. The Morgan fingerprint density at radius 1 is 1.16 bits per heavy atom. The minimum absolute atomic E-state index is 0.0665. The number of thioether (sulfide) groups is 1. The third-order valence-electron chi connectivity index (χ3n) is 5.95. The molecule has 2 aliphatic carbocycles. The van der Waals surface area contributed by atoms with Crippen LogP contribution in [0, 0.1) is 5.92 Å². The lowest BCUT2D eigenvalue weighted by atomic mass is 9.89. The smallest absolute Gasteiger partial charge is 0.221 e. The Morgan fingerprint density at radius 3 is 2.65 bits per heavy atom. The first-order valence-corrected chi connectivity index (χ1v) is 12.6. The van der Waals surface area contributed by atoms with Crippen LogP contribution in [0.25, 0.3) is 10.2 Å². The number of aryl methyl sites for hydroxylation is 1. The fraction of sp³-hybridized carbons (Fsp3) is 0.417. The summed E-state index contributed by atoms with van der Waals surface area (Å²) >= 11 is 3.37. The Morgan fingerprint density at radius 2 is 1.94 bits per heavy atom. The number of nitrogens with one attached hydrogen (secondary N) is 1. The maximum absolute atomic E-state index is 12.8. The van der Waals surface area contributed by atoms with Gasteiger partial charge in [0.25, 0.3) is 0 Å². The van der Waals surface area contributed by atoms with Crippen molar-refractivity contribution in [1.82, 2.24) is 9.97 Å². The van der Waals surface area contributed by atoms with Gasteiger partial charge in [0.05, 0.1) is 5.75 Å². The number of thiophene rings is 1. The molecule has 1 fully saturated rings. The SMILES string of the molecule is CC(=O)Nc1ccc(C(=O)CSc2nc(C3CC3)nc3sc4c(c23)CC[C@@H](C)C4)cc1. The van der Waals surface area contributed by atoms with Crippen LogP contribution in [0.4, 0.5) is 5.69 Å². The van der Waals surface area contributed by atoms with E-state index in [-0.39, 0.29) is 11.7 Å². The highest BCUT2D eigenvalue weighted by atomic mass is 32.2.